The smallest absolute Gasteiger partial charge is 0.220 e. The number of pyridine rings is 1. The molecule has 0 radical (unpaired) electrons. The standard InChI is InChI=1S/C12H7FN2O/c13-12-11(5-10(16)7-15-12)9-3-1-8(6-14)2-4-9/h1-5,7,16H. The van der Waals surface area contributed by atoms with Crippen molar-refractivity contribution >= 4 is 0 Å². The minimum absolute atomic E-state index is 0.0965. The number of halogens is 1. The van der Waals surface area contributed by atoms with Gasteiger partial charge < -0.3 is 5.11 Å². The van der Waals surface area contributed by atoms with Crippen LogP contribution in [0.1, 0.15) is 5.56 Å². The van der Waals surface area contributed by atoms with E-state index < -0.39 is 5.95 Å². The minimum Gasteiger partial charge on any atom is -0.506 e. The van der Waals surface area contributed by atoms with Crippen molar-refractivity contribution in [2.45, 2.75) is 0 Å². The molecule has 1 heterocycles. The van der Waals surface area contributed by atoms with Crippen molar-refractivity contribution in [2.75, 3.05) is 0 Å². The van der Waals surface area contributed by atoms with Gasteiger partial charge in [-0.05, 0) is 23.8 Å². The van der Waals surface area contributed by atoms with E-state index in [1.807, 2.05) is 6.07 Å². The third kappa shape index (κ3) is 1.84. The van der Waals surface area contributed by atoms with Crippen LogP contribution < -0.4 is 0 Å². The molecule has 0 amide bonds. The van der Waals surface area contributed by atoms with Crippen LogP contribution in [0.25, 0.3) is 11.1 Å². The first kappa shape index (κ1) is 10.1. The average molecular weight is 214 g/mol. The molecule has 0 saturated heterocycles. The van der Waals surface area contributed by atoms with E-state index in [4.69, 9.17) is 5.26 Å². The number of hydrogen-bond donors (Lipinski definition) is 1. The van der Waals surface area contributed by atoms with Gasteiger partial charge in [0.05, 0.1) is 17.8 Å². The van der Waals surface area contributed by atoms with E-state index in [2.05, 4.69) is 4.98 Å². The van der Waals surface area contributed by atoms with Crippen LogP contribution in [0.4, 0.5) is 4.39 Å². The van der Waals surface area contributed by atoms with Crippen molar-refractivity contribution in [1.29, 1.82) is 5.26 Å². The van der Waals surface area contributed by atoms with Crippen molar-refractivity contribution in [3.05, 3.63) is 48.0 Å². The first-order valence-corrected chi connectivity index (χ1v) is 4.56. The number of nitriles is 1. The predicted molar refractivity (Wildman–Crippen MR) is 56.0 cm³/mol. The fourth-order valence-corrected chi connectivity index (χ4v) is 1.36. The molecule has 2 rings (SSSR count). The monoisotopic (exact) mass is 214 g/mol. The summed E-state index contributed by atoms with van der Waals surface area (Å²) < 4.78 is 13.4. The van der Waals surface area contributed by atoms with Crippen molar-refractivity contribution in [1.82, 2.24) is 4.98 Å². The van der Waals surface area contributed by atoms with E-state index in [0.29, 0.717) is 11.1 Å². The lowest BCUT2D eigenvalue weighted by molar-refractivity contribution is 0.467. The highest BCUT2D eigenvalue weighted by Gasteiger charge is 2.07. The highest BCUT2D eigenvalue weighted by Crippen LogP contribution is 2.24. The predicted octanol–water partition coefficient (Wildman–Crippen LogP) is 2.46. The molecular formula is C12H7FN2O. The quantitative estimate of drug-likeness (QED) is 0.742. The summed E-state index contributed by atoms with van der Waals surface area (Å²) in [4.78, 5) is 3.42. The van der Waals surface area contributed by atoms with Crippen LogP contribution in [-0.2, 0) is 0 Å². The molecule has 4 heteroatoms. The van der Waals surface area contributed by atoms with E-state index in [1.165, 1.54) is 6.07 Å². The molecule has 0 fully saturated rings. The van der Waals surface area contributed by atoms with Crippen molar-refractivity contribution in [3.63, 3.8) is 0 Å². The lowest BCUT2D eigenvalue weighted by atomic mass is 10.1. The summed E-state index contributed by atoms with van der Waals surface area (Å²) in [6.07, 6.45) is 1.04. The second kappa shape index (κ2) is 3.99. The zero-order valence-corrected chi connectivity index (χ0v) is 8.18. The summed E-state index contributed by atoms with van der Waals surface area (Å²) in [6, 6.07) is 9.65. The van der Waals surface area contributed by atoms with Crippen molar-refractivity contribution in [3.8, 4) is 22.9 Å². The summed E-state index contributed by atoms with van der Waals surface area (Å²) in [5, 5.41) is 17.8. The number of benzene rings is 1. The maximum atomic E-state index is 13.4. The Morgan fingerprint density at radius 2 is 1.94 bits per heavy atom. The normalized spacial score (nSPS) is 9.75. The van der Waals surface area contributed by atoms with Crippen molar-refractivity contribution in [2.24, 2.45) is 0 Å². The molecular weight excluding hydrogens is 207 g/mol. The summed E-state index contributed by atoms with van der Waals surface area (Å²) >= 11 is 0. The van der Waals surface area contributed by atoms with Gasteiger partial charge in [0.25, 0.3) is 0 Å². The Morgan fingerprint density at radius 1 is 1.25 bits per heavy atom. The molecule has 16 heavy (non-hydrogen) atoms. The van der Waals surface area contributed by atoms with Crippen LogP contribution in [0.15, 0.2) is 36.5 Å². The van der Waals surface area contributed by atoms with Gasteiger partial charge in [0.2, 0.25) is 5.95 Å². The van der Waals surface area contributed by atoms with Gasteiger partial charge in [-0.15, -0.1) is 0 Å². The molecule has 0 bridgehead atoms. The Bertz CT molecular complexity index is 558. The minimum atomic E-state index is -0.650. The molecule has 0 atom stereocenters. The van der Waals surface area contributed by atoms with Crippen LogP contribution in [0, 0.1) is 17.3 Å². The van der Waals surface area contributed by atoms with E-state index in [-0.39, 0.29) is 11.3 Å². The molecule has 0 aliphatic heterocycles. The molecule has 1 N–H and O–H groups in total. The Hall–Kier alpha value is -2.41. The number of aromatic nitrogens is 1. The molecule has 0 spiro atoms. The van der Waals surface area contributed by atoms with E-state index in [1.54, 1.807) is 24.3 Å². The molecule has 0 unspecified atom stereocenters. The topological polar surface area (TPSA) is 56.9 Å². The van der Waals surface area contributed by atoms with Gasteiger partial charge in [-0.1, -0.05) is 12.1 Å². The van der Waals surface area contributed by atoms with E-state index in [9.17, 15) is 9.50 Å². The summed E-state index contributed by atoms with van der Waals surface area (Å²) in [7, 11) is 0. The molecule has 0 aliphatic rings. The molecule has 2 aromatic rings. The fourth-order valence-electron chi connectivity index (χ4n) is 1.36. The third-order valence-electron chi connectivity index (χ3n) is 2.15. The number of rotatable bonds is 1. The Labute approximate surface area is 91.4 Å². The van der Waals surface area contributed by atoms with Gasteiger partial charge in [0, 0.05) is 5.56 Å². The van der Waals surface area contributed by atoms with E-state index in [0.717, 1.165) is 6.20 Å². The highest BCUT2D eigenvalue weighted by atomic mass is 19.1. The molecule has 0 aliphatic carbocycles. The molecule has 0 saturated carbocycles. The summed E-state index contributed by atoms with van der Waals surface area (Å²) in [5.74, 6) is -0.747. The summed E-state index contributed by atoms with van der Waals surface area (Å²) in [6.45, 7) is 0. The van der Waals surface area contributed by atoms with Crippen LogP contribution >= 0.6 is 0 Å². The lowest BCUT2D eigenvalue weighted by Crippen LogP contribution is -1.88. The zero-order chi connectivity index (χ0) is 11.5. The van der Waals surface area contributed by atoms with Gasteiger partial charge in [0.1, 0.15) is 5.75 Å². The molecule has 78 valence electrons. The van der Waals surface area contributed by atoms with Crippen LogP contribution in [0.5, 0.6) is 5.75 Å². The highest BCUT2D eigenvalue weighted by molar-refractivity contribution is 5.65. The van der Waals surface area contributed by atoms with Gasteiger partial charge in [0.15, 0.2) is 0 Å². The van der Waals surface area contributed by atoms with Crippen LogP contribution in [-0.4, -0.2) is 10.1 Å². The molecule has 1 aromatic carbocycles. The Morgan fingerprint density at radius 3 is 2.56 bits per heavy atom. The number of hydrogen-bond acceptors (Lipinski definition) is 3. The van der Waals surface area contributed by atoms with Gasteiger partial charge in [-0.3, -0.25) is 0 Å². The maximum absolute atomic E-state index is 13.4. The average Bonchev–Trinajstić information content (AvgIpc) is 2.32. The second-order valence-electron chi connectivity index (χ2n) is 3.22. The van der Waals surface area contributed by atoms with Gasteiger partial charge >= 0.3 is 0 Å². The van der Waals surface area contributed by atoms with Gasteiger partial charge in [-0.2, -0.15) is 9.65 Å². The Balaban J connectivity index is 2.50. The van der Waals surface area contributed by atoms with Gasteiger partial charge in [-0.25, -0.2) is 4.98 Å². The number of aromatic hydroxyl groups is 1. The second-order valence-corrected chi connectivity index (χ2v) is 3.22. The third-order valence-corrected chi connectivity index (χ3v) is 2.15. The zero-order valence-electron chi connectivity index (χ0n) is 8.18. The molecule has 3 nitrogen and oxygen atoms in total. The SMILES string of the molecule is N#Cc1ccc(-c2cc(O)cnc2F)cc1. The maximum Gasteiger partial charge on any atom is 0.220 e. The summed E-state index contributed by atoms with van der Waals surface area (Å²) in [5.41, 5.74) is 1.28. The first-order chi connectivity index (χ1) is 7.70. The van der Waals surface area contributed by atoms with E-state index >= 15 is 0 Å². The van der Waals surface area contributed by atoms with Crippen molar-refractivity contribution < 1.29 is 9.50 Å². The first-order valence-electron chi connectivity index (χ1n) is 4.56. The fraction of sp³-hybridized carbons (Fsp3) is 0. The van der Waals surface area contributed by atoms with Crippen LogP contribution in [0.3, 0.4) is 0 Å². The lowest BCUT2D eigenvalue weighted by Gasteiger charge is -2.03. The van der Waals surface area contributed by atoms with Crippen LogP contribution in [0.2, 0.25) is 0 Å². The Kier molecular flexibility index (Phi) is 2.52. The molecule has 1 aromatic heterocycles. The number of nitrogens with zero attached hydrogens (tertiary/aromatic N) is 2. The largest absolute Gasteiger partial charge is 0.506 e.